The van der Waals surface area contributed by atoms with Crippen LogP contribution in [-0.2, 0) is 11.2 Å². The maximum atomic E-state index is 10.6. The maximum absolute atomic E-state index is 10.6. The monoisotopic (exact) mass is 449 g/mol. The van der Waals surface area contributed by atoms with Crippen LogP contribution in [0.4, 0.5) is 0 Å². The highest BCUT2D eigenvalue weighted by Gasteiger charge is 2.44. The molecule has 2 heterocycles. The second-order valence-corrected chi connectivity index (χ2v) is 8.88. The zero-order chi connectivity index (χ0) is 21.4. The summed E-state index contributed by atoms with van der Waals surface area (Å²) in [6.45, 7) is 1.63. The van der Waals surface area contributed by atoms with Gasteiger partial charge in [-0.05, 0) is 36.2 Å². The van der Waals surface area contributed by atoms with E-state index in [-0.39, 0.29) is 0 Å². The number of aromatic nitrogens is 1. The van der Waals surface area contributed by atoms with E-state index in [0.29, 0.717) is 5.02 Å². The molecule has 4 rings (SSSR count). The first-order valence-electron chi connectivity index (χ1n) is 9.81. The highest BCUT2D eigenvalue weighted by atomic mass is 35.5. The number of rotatable bonds is 5. The van der Waals surface area contributed by atoms with E-state index in [0.717, 1.165) is 27.1 Å². The molecule has 8 heteroatoms. The van der Waals surface area contributed by atoms with E-state index in [4.69, 9.17) is 16.3 Å². The fraction of sp³-hybridized carbons (Fsp3) is 0.364. The first kappa shape index (κ1) is 21.6. The van der Waals surface area contributed by atoms with Gasteiger partial charge < -0.3 is 29.7 Å². The van der Waals surface area contributed by atoms with Gasteiger partial charge in [0.1, 0.15) is 24.4 Å². The number of aliphatic hydroxyl groups is 4. The van der Waals surface area contributed by atoms with Gasteiger partial charge in [0.25, 0.3) is 0 Å². The molecule has 1 aliphatic rings. The van der Waals surface area contributed by atoms with E-state index in [9.17, 15) is 20.4 Å². The summed E-state index contributed by atoms with van der Waals surface area (Å²) >= 11 is 8.05. The molecule has 2 aromatic carbocycles. The Bertz CT molecular complexity index is 1020. The normalized spacial score (nSPS) is 26.9. The minimum Gasteiger partial charge on any atom is -0.394 e. The van der Waals surface area contributed by atoms with Crippen molar-refractivity contribution in [3.05, 3.63) is 59.2 Å². The van der Waals surface area contributed by atoms with Crippen LogP contribution in [0.5, 0.6) is 0 Å². The van der Waals surface area contributed by atoms with Gasteiger partial charge in [-0.3, -0.25) is 0 Å². The molecule has 0 radical (unpaired) electrons. The van der Waals surface area contributed by atoms with Gasteiger partial charge in [-0.1, -0.05) is 48.5 Å². The van der Waals surface area contributed by atoms with Gasteiger partial charge in [0.2, 0.25) is 0 Å². The van der Waals surface area contributed by atoms with Crippen LogP contribution in [0.3, 0.4) is 0 Å². The third kappa shape index (κ3) is 3.87. The largest absolute Gasteiger partial charge is 0.394 e. The molecule has 30 heavy (non-hydrogen) atoms. The minimum atomic E-state index is -1.45. The predicted octanol–water partition coefficient (Wildman–Crippen LogP) is 2.98. The third-order valence-corrected chi connectivity index (χ3v) is 6.83. The van der Waals surface area contributed by atoms with Crippen LogP contribution in [0, 0.1) is 0 Å². The Kier molecular flexibility index (Phi) is 6.41. The molecule has 1 aromatic heterocycles. The Balaban J connectivity index is 1.76. The second-order valence-electron chi connectivity index (χ2n) is 7.35. The molecule has 1 fully saturated rings. The fourth-order valence-corrected chi connectivity index (χ4v) is 5.09. The van der Waals surface area contributed by atoms with Crippen molar-refractivity contribution in [2.75, 3.05) is 6.61 Å². The van der Waals surface area contributed by atoms with Gasteiger partial charge in [0, 0.05) is 21.4 Å². The van der Waals surface area contributed by atoms with Gasteiger partial charge >= 0.3 is 0 Å². The molecule has 0 amide bonds. The first-order valence-corrected chi connectivity index (χ1v) is 11.0. The SMILES string of the molecule is CCc1ccc(Sc2cn([C@@H]3O[C@H](CO)[C@@H](O)[C@H](O)[C@H]3O)c3cccc(Cl)c23)cc1. The maximum Gasteiger partial charge on any atom is 0.163 e. The third-order valence-electron chi connectivity index (χ3n) is 5.47. The number of nitrogens with zero attached hydrogens (tertiary/aromatic N) is 1. The summed E-state index contributed by atoms with van der Waals surface area (Å²) in [4.78, 5) is 1.91. The van der Waals surface area contributed by atoms with Crippen molar-refractivity contribution in [2.24, 2.45) is 0 Å². The van der Waals surface area contributed by atoms with E-state index in [2.05, 4.69) is 31.2 Å². The Labute approximate surface area is 183 Å². The van der Waals surface area contributed by atoms with Gasteiger partial charge in [0.15, 0.2) is 6.23 Å². The lowest BCUT2D eigenvalue weighted by molar-refractivity contribution is -0.250. The number of benzene rings is 2. The smallest absolute Gasteiger partial charge is 0.163 e. The van der Waals surface area contributed by atoms with Crippen LogP contribution in [0.25, 0.3) is 10.9 Å². The quantitative estimate of drug-likeness (QED) is 0.478. The average Bonchev–Trinajstić information content (AvgIpc) is 3.12. The summed E-state index contributed by atoms with van der Waals surface area (Å²) in [5.41, 5.74) is 1.97. The Hall–Kier alpha value is -1.58. The highest BCUT2D eigenvalue weighted by Crippen LogP contribution is 2.41. The zero-order valence-electron chi connectivity index (χ0n) is 16.4. The minimum absolute atomic E-state index is 0.479. The fourth-order valence-electron chi connectivity index (χ4n) is 3.75. The number of halogens is 1. The van der Waals surface area contributed by atoms with Crippen molar-refractivity contribution < 1.29 is 25.2 Å². The van der Waals surface area contributed by atoms with Crippen LogP contribution >= 0.6 is 23.4 Å². The molecule has 4 N–H and O–H groups in total. The highest BCUT2D eigenvalue weighted by molar-refractivity contribution is 7.99. The number of fused-ring (bicyclic) bond motifs is 1. The standard InChI is InChI=1S/C22H24ClNO5S/c1-2-12-6-8-13(9-7-12)30-17-10-24(15-5-3-4-14(23)18(15)17)22-21(28)20(27)19(26)16(11-25)29-22/h3-10,16,19-22,25-28H,2,11H2,1H3/t16-,19-,20+,21-,22-/m1/s1. The van der Waals surface area contributed by atoms with Gasteiger partial charge in [-0.15, -0.1) is 0 Å². The summed E-state index contributed by atoms with van der Waals surface area (Å²) in [6.07, 6.45) is -3.41. The van der Waals surface area contributed by atoms with Gasteiger partial charge in [-0.25, -0.2) is 0 Å². The lowest BCUT2D eigenvalue weighted by atomic mass is 9.98. The van der Waals surface area contributed by atoms with Crippen molar-refractivity contribution in [1.29, 1.82) is 0 Å². The lowest BCUT2D eigenvalue weighted by Gasteiger charge is -2.40. The van der Waals surface area contributed by atoms with E-state index >= 15 is 0 Å². The van der Waals surface area contributed by atoms with Crippen LogP contribution < -0.4 is 0 Å². The summed E-state index contributed by atoms with van der Waals surface area (Å²) < 4.78 is 7.46. The second kappa shape index (κ2) is 8.88. The topological polar surface area (TPSA) is 95.1 Å². The van der Waals surface area contributed by atoms with Crippen LogP contribution in [0.15, 0.2) is 58.5 Å². The zero-order valence-corrected chi connectivity index (χ0v) is 17.9. The molecule has 0 spiro atoms. The summed E-state index contributed by atoms with van der Waals surface area (Å²) in [5, 5.41) is 41.8. The van der Waals surface area contributed by atoms with Crippen molar-refractivity contribution >= 4 is 34.3 Å². The van der Waals surface area contributed by atoms with Crippen molar-refractivity contribution in [2.45, 2.75) is 53.8 Å². The number of hydrogen-bond donors (Lipinski definition) is 4. The number of hydrogen-bond acceptors (Lipinski definition) is 6. The molecule has 1 aliphatic heterocycles. The van der Waals surface area contributed by atoms with Gasteiger partial charge in [-0.2, -0.15) is 0 Å². The molecule has 0 saturated carbocycles. The number of aliphatic hydroxyl groups excluding tert-OH is 4. The molecule has 3 aromatic rings. The van der Waals surface area contributed by atoms with E-state index in [1.54, 1.807) is 28.5 Å². The Morgan fingerprint density at radius 2 is 1.77 bits per heavy atom. The molecule has 1 saturated heterocycles. The molecule has 0 aliphatic carbocycles. The van der Waals surface area contributed by atoms with Crippen LogP contribution in [0.2, 0.25) is 5.02 Å². The van der Waals surface area contributed by atoms with E-state index < -0.39 is 37.3 Å². The summed E-state index contributed by atoms with van der Waals surface area (Å²) in [5.74, 6) is 0. The predicted molar refractivity (Wildman–Crippen MR) is 116 cm³/mol. The van der Waals surface area contributed by atoms with Crippen LogP contribution in [-0.4, -0.2) is 56.0 Å². The number of aryl methyl sites for hydroxylation is 1. The average molecular weight is 450 g/mol. The lowest BCUT2D eigenvalue weighted by Crippen LogP contribution is -2.56. The molecule has 6 nitrogen and oxygen atoms in total. The molecule has 5 atom stereocenters. The molecular formula is C22H24ClNO5S. The van der Waals surface area contributed by atoms with Crippen LogP contribution in [0.1, 0.15) is 18.7 Å². The summed E-state index contributed by atoms with van der Waals surface area (Å²) in [6, 6.07) is 13.7. The van der Waals surface area contributed by atoms with E-state index in [1.807, 2.05) is 12.3 Å². The Morgan fingerprint density at radius 3 is 2.43 bits per heavy atom. The Morgan fingerprint density at radius 1 is 1.03 bits per heavy atom. The number of ether oxygens (including phenoxy) is 1. The van der Waals surface area contributed by atoms with Crippen molar-refractivity contribution in [3.8, 4) is 0 Å². The first-order chi connectivity index (χ1) is 14.4. The molecular weight excluding hydrogens is 426 g/mol. The molecule has 160 valence electrons. The van der Waals surface area contributed by atoms with Crippen molar-refractivity contribution in [1.82, 2.24) is 4.57 Å². The summed E-state index contributed by atoms with van der Waals surface area (Å²) in [7, 11) is 0. The molecule has 0 unspecified atom stereocenters. The van der Waals surface area contributed by atoms with Crippen molar-refractivity contribution in [3.63, 3.8) is 0 Å². The van der Waals surface area contributed by atoms with E-state index in [1.165, 1.54) is 5.56 Å². The van der Waals surface area contributed by atoms with Gasteiger partial charge in [0.05, 0.1) is 17.1 Å². The molecule has 0 bridgehead atoms.